The van der Waals surface area contributed by atoms with Gasteiger partial charge >= 0.3 is 0 Å². The molecule has 5 nitrogen and oxygen atoms in total. The normalized spacial score (nSPS) is 14.8. The Labute approximate surface area is 189 Å². The molecule has 2 aromatic rings. The number of aryl methyl sites for hydroxylation is 1. The highest BCUT2D eigenvalue weighted by atomic mass is 35.5. The number of rotatable bonds is 9. The highest BCUT2D eigenvalue weighted by molar-refractivity contribution is 6.32. The lowest BCUT2D eigenvalue weighted by Crippen LogP contribution is -2.52. The summed E-state index contributed by atoms with van der Waals surface area (Å²) >= 11 is 6.16. The first kappa shape index (κ1) is 23.1. The molecular formula is C25H31ClN2O3. The lowest BCUT2D eigenvalue weighted by Gasteiger charge is -2.32. The summed E-state index contributed by atoms with van der Waals surface area (Å²) in [5.74, 6) is 0.127. The molecule has 6 heteroatoms. The van der Waals surface area contributed by atoms with Crippen LogP contribution in [0.1, 0.15) is 50.2 Å². The van der Waals surface area contributed by atoms with Crippen LogP contribution in [0.5, 0.6) is 5.75 Å². The predicted octanol–water partition coefficient (Wildman–Crippen LogP) is 4.89. The van der Waals surface area contributed by atoms with Crippen LogP contribution in [0.4, 0.5) is 0 Å². The van der Waals surface area contributed by atoms with Crippen LogP contribution in [0.25, 0.3) is 0 Å². The molecule has 1 aliphatic rings. The molecule has 0 heterocycles. The number of para-hydroxylation sites is 1. The minimum absolute atomic E-state index is 0.0888. The van der Waals surface area contributed by atoms with Crippen LogP contribution in [0.3, 0.4) is 0 Å². The van der Waals surface area contributed by atoms with Gasteiger partial charge in [0.05, 0.1) is 5.02 Å². The van der Waals surface area contributed by atoms with Crippen molar-refractivity contribution in [3.63, 3.8) is 0 Å². The molecule has 0 aromatic heterocycles. The van der Waals surface area contributed by atoms with Crippen molar-refractivity contribution in [2.75, 3.05) is 6.61 Å². The fraction of sp³-hybridized carbons (Fsp3) is 0.440. The van der Waals surface area contributed by atoms with Gasteiger partial charge in [-0.3, -0.25) is 9.59 Å². The summed E-state index contributed by atoms with van der Waals surface area (Å²) in [6, 6.07) is 14.6. The zero-order valence-corrected chi connectivity index (χ0v) is 19.0. The van der Waals surface area contributed by atoms with Crippen molar-refractivity contribution in [2.45, 2.75) is 64.6 Å². The van der Waals surface area contributed by atoms with E-state index in [9.17, 15) is 9.59 Å². The third-order valence-corrected chi connectivity index (χ3v) is 6.19. The van der Waals surface area contributed by atoms with Gasteiger partial charge in [0.1, 0.15) is 11.8 Å². The molecule has 3 rings (SSSR count). The number of carbonyl (C=O) groups is 2. The summed E-state index contributed by atoms with van der Waals surface area (Å²) in [7, 11) is 0. The van der Waals surface area contributed by atoms with Crippen molar-refractivity contribution in [1.29, 1.82) is 0 Å². The van der Waals surface area contributed by atoms with E-state index in [1.165, 1.54) is 0 Å². The van der Waals surface area contributed by atoms with Crippen LogP contribution in [0.15, 0.2) is 48.5 Å². The zero-order valence-electron chi connectivity index (χ0n) is 18.3. The Hall–Kier alpha value is -2.53. The van der Waals surface area contributed by atoms with E-state index in [1.54, 1.807) is 23.1 Å². The quantitative estimate of drug-likeness (QED) is 0.601. The molecule has 1 atom stereocenters. The van der Waals surface area contributed by atoms with Gasteiger partial charge in [0.2, 0.25) is 5.91 Å². The average molecular weight is 443 g/mol. The average Bonchev–Trinajstić information content (AvgIpc) is 3.27. The van der Waals surface area contributed by atoms with Crippen LogP contribution in [-0.2, 0) is 16.1 Å². The van der Waals surface area contributed by atoms with Crippen molar-refractivity contribution in [2.24, 2.45) is 0 Å². The summed E-state index contributed by atoms with van der Waals surface area (Å²) in [5.41, 5.74) is 2.10. The molecule has 2 aromatic carbocycles. The highest BCUT2D eigenvalue weighted by Crippen LogP contribution is 2.24. The van der Waals surface area contributed by atoms with Gasteiger partial charge in [-0.1, -0.05) is 67.8 Å². The molecular weight excluding hydrogens is 412 g/mol. The van der Waals surface area contributed by atoms with E-state index in [-0.39, 0.29) is 24.5 Å². The minimum Gasteiger partial charge on any atom is -0.482 e. The number of halogens is 1. The minimum atomic E-state index is -0.553. The first-order chi connectivity index (χ1) is 15.0. The summed E-state index contributed by atoms with van der Waals surface area (Å²) in [6.45, 7) is 4.13. The number of nitrogens with one attached hydrogen (secondary N) is 1. The van der Waals surface area contributed by atoms with Gasteiger partial charge in [0.25, 0.3) is 5.91 Å². The molecule has 0 aliphatic heterocycles. The van der Waals surface area contributed by atoms with Crippen molar-refractivity contribution in [1.82, 2.24) is 10.2 Å². The second kappa shape index (κ2) is 11.2. The standard InChI is InChI=1S/C25H31ClN2O3/c1-3-22(25(30)27-20-12-6-7-13-20)28(16-19-11-5-4-10-18(19)2)24(29)17-31-23-15-9-8-14-21(23)26/h4-5,8-11,14-15,20,22H,3,6-7,12-13,16-17H2,1-2H3,(H,27,30)/t22-/m1/s1. The van der Waals surface area contributed by atoms with Crippen LogP contribution < -0.4 is 10.1 Å². The van der Waals surface area contributed by atoms with Gasteiger partial charge in [-0.15, -0.1) is 0 Å². The molecule has 1 saturated carbocycles. The molecule has 0 radical (unpaired) electrons. The monoisotopic (exact) mass is 442 g/mol. The summed E-state index contributed by atoms with van der Waals surface area (Å²) in [4.78, 5) is 28.0. The van der Waals surface area contributed by atoms with E-state index in [0.717, 1.165) is 36.8 Å². The van der Waals surface area contributed by atoms with Crippen molar-refractivity contribution in [3.05, 3.63) is 64.7 Å². The van der Waals surface area contributed by atoms with Gasteiger partial charge in [-0.05, 0) is 49.4 Å². The van der Waals surface area contributed by atoms with Crippen molar-refractivity contribution in [3.8, 4) is 5.75 Å². The second-order valence-corrected chi connectivity index (χ2v) is 8.49. The lowest BCUT2D eigenvalue weighted by molar-refractivity contribution is -0.143. The maximum absolute atomic E-state index is 13.3. The number of hydrogen-bond acceptors (Lipinski definition) is 3. The molecule has 31 heavy (non-hydrogen) atoms. The van der Waals surface area contributed by atoms with E-state index in [1.807, 2.05) is 44.2 Å². The Bertz CT molecular complexity index is 896. The van der Waals surface area contributed by atoms with E-state index in [0.29, 0.717) is 23.7 Å². The highest BCUT2D eigenvalue weighted by Gasteiger charge is 2.31. The number of nitrogens with zero attached hydrogens (tertiary/aromatic N) is 1. The Morgan fingerprint density at radius 1 is 1.13 bits per heavy atom. The van der Waals surface area contributed by atoms with Crippen LogP contribution in [0.2, 0.25) is 5.02 Å². The Morgan fingerprint density at radius 3 is 2.48 bits per heavy atom. The maximum Gasteiger partial charge on any atom is 0.261 e. The molecule has 0 spiro atoms. The third kappa shape index (κ3) is 6.23. The fourth-order valence-corrected chi connectivity index (χ4v) is 4.23. The summed E-state index contributed by atoms with van der Waals surface area (Å²) in [6.07, 6.45) is 4.81. The van der Waals surface area contributed by atoms with E-state index >= 15 is 0 Å². The molecule has 2 amide bonds. The van der Waals surface area contributed by atoms with Gasteiger partial charge in [-0.25, -0.2) is 0 Å². The Morgan fingerprint density at radius 2 is 1.81 bits per heavy atom. The predicted molar refractivity (Wildman–Crippen MR) is 123 cm³/mol. The van der Waals surface area contributed by atoms with Gasteiger partial charge in [0.15, 0.2) is 6.61 Å². The first-order valence-electron chi connectivity index (χ1n) is 11.0. The van der Waals surface area contributed by atoms with Crippen LogP contribution in [-0.4, -0.2) is 35.4 Å². The zero-order chi connectivity index (χ0) is 22.2. The molecule has 166 valence electrons. The van der Waals surface area contributed by atoms with Gasteiger partial charge < -0.3 is 15.0 Å². The summed E-state index contributed by atoms with van der Waals surface area (Å²) < 4.78 is 5.70. The SMILES string of the molecule is CC[C@H](C(=O)NC1CCCC1)N(Cc1ccccc1C)C(=O)COc1ccccc1Cl. The maximum atomic E-state index is 13.3. The van der Waals surface area contributed by atoms with Crippen molar-refractivity contribution >= 4 is 23.4 Å². The largest absolute Gasteiger partial charge is 0.482 e. The number of benzene rings is 2. The van der Waals surface area contributed by atoms with Crippen molar-refractivity contribution < 1.29 is 14.3 Å². The second-order valence-electron chi connectivity index (χ2n) is 8.08. The lowest BCUT2D eigenvalue weighted by atomic mass is 10.1. The first-order valence-corrected chi connectivity index (χ1v) is 11.4. The smallest absolute Gasteiger partial charge is 0.261 e. The van der Waals surface area contributed by atoms with Crippen LogP contribution in [0, 0.1) is 6.92 Å². The number of ether oxygens (including phenoxy) is 1. The Kier molecular flexibility index (Phi) is 8.35. The van der Waals surface area contributed by atoms with Crippen LogP contribution >= 0.6 is 11.6 Å². The topological polar surface area (TPSA) is 58.6 Å². The van der Waals surface area contributed by atoms with Gasteiger partial charge in [0, 0.05) is 12.6 Å². The number of hydrogen-bond donors (Lipinski definition) is 1. The number of carbonyl (C=O) groups excluding carboxylic acids is 2. The van der Waals surface area contributed by atoms with E-state index < -0.39 is 6.04 Å². The third-order valence-electron chi connectivity index (χ3n) is 5.88. The van der Waals surface area contributed by atoms with E-state index in [4.69, 9.17) is 16.3 Å². The molecule has 1 aliphatic carbocycles. The fourth-order valence-electron chi connectivity index (χ4n) is 4.04. The summed E-state index contributed by atoms with van der Waals surface area (Å²) in [5, 5.41) is 3.60. The molecule has 1 N–H and O–H groups in total. The number of amides is 2. The molecule has 0 unspecified atom stereocenters. The van der Waals surface area contributed by atoms with E-state index in [2.05, 4.69) is 5.32 Å². The molecule has 0 saturated heterocycles. The Balaban J connectivity index is 1.78. The van der Waals surface area contributed by atoms with Gasteiger partial charge in [-0.2, -0.15) is 0 Å². The molecule has 0 bridgehead atoms. The molecule has 1 fully saturated rings.